The van der Waals surface area contributed by atoms with Gasteiger partial charge in [0.15, 0.2) is 5.50 Å². The van der Waals surface area contributed by atoms with Gasteiger partial charge >= 0.3 is 0 Å². The number of alkyl halides is 1. The Morgan fingerprint density at radius 1 is 1.22 bits per heavy atom. The van der Waals surface area contributed by atoms with Crippen molar-refractivity contribution in [3.63, 3.8) is 0 Å². The third-order valence-corrected chi connectivity index (χ3v) is 4.54. The summed E-state index contributed by atoms with van der Waals surface area (Å²) in [6.45, 7) is 8.19. The Morgan fingerprint density at radius 2 is 1.87 bits per heavy atom. The molecule has 1 aromatic heterocycles. The van der Waals surface area contributed by atoms with E-state index in [1.165, 1.54) is 11.8 Å². The van der Waals surface area contributed by atoms with Crippen molar-refractivity contribution in [3.8, 4) is 0 Å². The Morgan fingerprint density at radius 3 is 2.43 bits per heavy atom. The molecule has 1 atom stereocenters. The molecule has 1 heterocycles. The molecule has 1 unspecified atom stereocenters. The molecule has 0 fully saturated rings. The molecule has 2 aromatic rings. The van der Waals surface area contributed by atoms with Crippen LogP contribution in [0.3, 0.4) is 0 Å². The first-order valence-corrected chi connectivity index (χ1v) is 8.87. The Balaban J connectivity index is 2.23. The lowest BCUT2D eigenvalue weighted by molar-refractivity contribution is 0.287. The van der Waals surface area contributed by atoms with Gasteiger partial charge < -0.3 is 10.1 Å². The molecule has 23 heavy (non-hydrogen) atoms. The molecule has 0 saturated carbocycles. The maximum atomic E-state index is 14.9. The highest BCUT2D eigenvalue weighted by atomic mass is 32.2. The summed E-state index contributed by atoms with van der Waals surface area (Å²) in [5, 5.41) is 8.95. The van der Waals surface area contributed by atoms with Gasteiger partial charge in [0, 0.05) is 17.9 Å². The van der Waals surface area contributed by atoms with E-state index in [4.69, 9.17) is 5.11 Å². The third-order valence-electron chi connectivity index (χ3n) is 3.59. The van der Waals surface area contributed by atoms with E-state index in [9.17, 15) is 4.39 Å². The van der Waals surface area contributed by atoms with Crippen molar-refractivity contribution in [2.45, 2.75) is 56.9 Å². The number of aryl methyl sites for hydroxylation is 3. The summed E-state index contributed by atoms with van der Waals surface area (Å²) in [5.74, 6) is 0.906. The molecular weight excluding hydrogens is 311 g/mol. The number of halogens is 1. The van der Waals surface area contributed by atoms with Crippen LogP contribution in [0.25, 0.3) is 0 Å². The molecule has 0 amide bonds. The molecule has 0 radical (unpaired) electrons. The van der Waals surface area contributed by atoms with Crippen LogP contribution in [0.4, 0.5) is 4.39 Å². The molecule has 2 rings (SSSR count). The fourth-order valence-corrected chi connectivity index (χ4v) is 3.65. The monoisotopic (exact) mass is 336 g/mol. The van der Waals surface area contributed by atoms with Gasteiger partial charge in [-0.3, -0.25) is 0 Å². The van der Waals surface area contributed by atoms with Gasteiger partial charge in [-0.05, 0) is 49.4 Å². The van der Waals surface area contributed by atoms with Crippen molar-refractivity contribution < 1.29 is 9.50 Å². The van der Waals surface area contributed by atoms with E-state index in [0.29, 0.717) is 18.5 Å². The fourth-order valence-electron chi connectivity index (χ4n) is 2.61. The van der Waals surface area contributed by atoms with E-state index >= 15 is 0 Å². The second-order valence-electron chi connectivity index (χ2n) is 6.22. The number of nitrogens with one attached hydrogen (secondary N) is 1. The predicted octanol–water partition coefficient (Wildman–Crippen LogP) is 4.84. The van der Waals surface area contributed by atoms with Crippen LogP contribution in [0.15, 0.2) is 23.1 Å². The van der Waals surface area contributed by atoms with E-state index in [0.717, 1.165) is 27.5 Å². The average molecular weight is 336 g/mol. The van der Waals surface area contributed by atoms with Gasteiger partial charge in [0.05, 0.1) is 11.4 Å². The molecule has 0 bridgehead atoms. The zero-order valence-corrected chi connectivity index (χ0v) is 15.0. The number of aromatic amines is 1. The molecule has 0 aliphatic carbocycles. The summed E-state index contributed by atoms with van der Waals surface area (Å²) in [6.07, 6.45) is 1.27. The maximum absolute atomic E-state index is 14.9. The SMILES string of the molecule is Cc1cc(C)cc(SC(F)c2[nH]c(CCCO)nc2C(C)C)c1. The number of benzene rings is 1. The quantitative estimate of drug-likeness (QED) is 0.712. The zero-order chi connectivity index (χ0) is 17.0. The number of imidazole rings is 1. The van der Waals surface area contributed by atoms with Gasteiger partial charge in [0.2, 0.25) is 0 Å². The van der Waals surface area contributed by atoms with Crippen LogP contribution < -0.4 is 0 Å². The molecule has 5 heteroatoms. The van der Waals surface area contributed by atoms with Crippen LogP contribution in [0.5, 0.6) is 0 Å². The lowest BCUT2D eigenvalue weighted by Gasteiger charge is -2.11. The highest BCUT2D eigenvalue weighted by Gasteiger charge is 2.22. The van der Waals surface area contributed by atoms with E-state index < -0.39 is 5.50 Å². The topological polar surface area (TPSA) is 48.9 Å². The summed E-state index contributed by atoms with van der Waals surface area (Å²) >= 11 is 1.21. The highest BCUT2D eigenvalue weighted by Crippen LogP contribution is 2.39. The third kappa shape index (κ3) is 4.82. The smallest absolute Gasteiger partial charge is 0.192 e. The number of hydrogen-bond donors (Lipinski definition) is 2. The van der Waals surface area contributed by atoms with E-state index in [1.54, 1.807) is 0 Å². The summed E-state index contributed by atoms with van der Waals surface area (Å²) in [6, 6.07) is 6.09. The van der Waals surface area contributed by atoms with E-state index in [-0.39, 0.29) is 12.5 Å². The van der Waals surface area contributed by atoms with Crippen LogP contribution in [0.1, 0.15) is 60.0 Å². The molecule has 3 nitrogen and oxygen atoms in total. The van der Waals surface area contributed by atoms with Crippen LogP contribution in [-0.2, 0) is 6.42 Å². The Labute approximate surface area is 141 Å². The minimum atomic E-state index is -1.18. The Bertz CT molecular complexity index is 634. The molecule has 0 aliphatic heterocycles. The maximum Gasteiger partial charge on any atom is 0.192 e. The van der Waals surface area contributed by atoms with Crippen molar-refractivity contribution in [1.29, 1.82) is 0 Å². The van der Waals surface area contributed by atoms with Crippen molar-refractivity contribution >= 4 is 11.8 Å². The molecular formula is C18H25FN2OS. The number of aliphatic hydroxyl groups is 1. The van der Waals surface area contributed by atoms with Gasteiger partial charge in [0.25, 0.3) is 0 Å². The first-order valence-electron chi connectivity index (χ1n) is 7.99. The van der Waals surface area contributed by atoms with Gasteiger partial charge in [-0.2, -0.15) is 0 Å². The second kappa shape index (κ2) is 7.97. The average Bonchev–Trinajstić information content (AvgIpc) is 2.88. The van der Waals surface area contributed by atoms with Crippen LogP contribution in [0, 0.1) is 13.8 Å². The van der Waals surface area contributed by atoms with Crippen molar-refractivity contribution in [2.24, 2.45) is 0 Å². The van der Waals surface area contributed by atoms with E-state index in [1.807, 2.05) is 39.8 Å². The van der Waals surface area contributed by atoms with Crippen LogP contribution >= 0.6 is 11.8 Å². The summed E-state index contributed by atoms with van der Waals surface area (Å²) in [7, 11) is 0. The van der Waals surface area contributed by atoms with Crippen molar-refractivity contribution in [1.82, 2.24) is 9.97 Å². The van der Waals surface area contributed by atoms with Crippen molar-refractivity contribution in [3.05, 3.63) is 46.5 Å². The molecule has 0 saturated heterocycles. The highest BCUT2D eigenvalue weighted by molar-refractivity contribution is 7.99. The van der Waals surface area contributed by atoms with Gasteiger partial charge in [-0.15, -0.1) is 0 Å². The lowest BCUT2D eigenvalue weighted by atomic mass is 10.1. The lowest BCUT2D eigenvalue weighted by Crippen LogP contribution is -1.97. The number of rotatable bonds is 7. The second-order valence-corrected chi connectivity index (χ2v) is 7.34. The predicted molar refractivity (Wildman–Crippen MR) is 93.7 cm³/mol. The summed E-state index contributed by atoms with van der Waals surface area (Å²) < 4.78 is 14.9. The first kappa shape index (κ1) is 18.0. The molecule has 0 spiro atoms. The Hall–Kier alpha value is -1.33. The minimum Gasteiger partial charge on any atom is -0.396 e. The molecule has 0 aliphatic rings. The summed E-state index contributed by atoms with van der Waals surface area (Å²) in [4.78, 5) is 8.58. The molecule has 126 valence electrons. The van der Waals surface area contributed by atoms with E-state index in [2.05, 4.69) is 16.0 Å². The first-order chi connectivity index (χ1) is 10.9. The van der Waals surface area contributed by atoms with Crippen LogP contribution in [0.2, 0.25) is 0 Å². The number of aliphatic hydroxyl groups excluding tert-OH is 1. The normalized spacial score (nSPS) is 12.8. The van der Waals surface area contributed by atoms with Gasteiger partial charge in [0.1, 0.15) is 5.82 Å². The zero-order valence-electron chi connectivity index (χ0n) is 14.2. The summed E-state index contributed by atoms with van der Waals surface area (Å²) in [5.41, 5.74) is 2.43. The minimum absolute atomic E-state index is 0.115. The number of H-pyrrole nitrogens is 1. The van der Waals surface area contributed by atoms with Gasteiger partial charge in [-0.1, -0.05) is 31.7 Å². The number of aromatic nitrogens is 2. The molecule has 2 N–H and O–H groups in total. The van der Waals surface area contributed by atoms with Crippen LogP contribution in [-0.4, -0.2) is 21.7 Å². The Kier molecular flexibility index (Phi) is 6.25. The fraction of sp³-hybridized carbons (Fsp3) is 0.500. The largest absolute Gasteiger partial charge is 0.396 e. The standard InChI is InChI=1S/C18H25FN2OS/c1-11(2)16-17(21-15(20-16)6-5-7-22)18(19)23-14-9-12(3)8-13(4)10-14/h8-11,18,22H,5-7H2,1-4H3,(H,20,21). The number of nitrogens with zero attached hydrogens (tertiary/aromatic N) is 1. The van der Waals surface area contributed by atoms with Crippen molar-refractivity contribution in [2.75, 3.05) is 6.61 Å². The number of thioether (sulfide) groups is 1. The van der Waals surface area contributed by atoms with Gasteiger partial charge in [-0.25, -0.2) is 9.37 Å². The molecule has 1 aromatic carbocycles. The number of hydrogen-bond acceptors (Lipinski definition) is 3.